The lowest BCUT2D eigenvalue weighted by Gasteiger charge is -2.49. The van der Waals surface area contributed by atoms with Gasteiger partial charge in [-0.3, -0.25) is 9.69 Å². The number of rotatable bonds is 2. The number of carbonyl (C=O) groups is 1. The van der Waals surface area contributed by atoms with E-state index in [-0.39, 0.29) is 18.1 Å². The second-order valence-electron chi connectivity index (χ2n) is 6.87. The summed E-state index contributed by atoms with van der Waals surface area (Å²) in [6.45, 7) is 6.35. The van der Waals surface area contributed by atoms with Gasteiger partial charge < -0.3 is 19.1 Å². The van der Waals surface area contributed by atoms with Gasteiger partial charge in [-0.1, -0.05) is 0 Å². The average Bonchev–Trinajstić information content (AvgIpc) is 2.54. The Balaban J connectivity index is 1.32. The summed E-state index contributed by atoms with van der Waals surface area (Å²) >= 11 is 0. The molecule has 4 heterocycles. The summed E-state index contributed by atoms with van der Waals surface area (Å²) in [5.74, 6) is 0.521. The Bertz CT molecular complexity index is 405. The molecule has 0 radical (unpaired) electrons. The fourth-order valence-corrected chi connectivity index (χ4v) is 4.21. The van der Waals surface area contributed by atoms with Gasteiger partial charge in [0, 0.05) is 45.5 Å². The van der Waals surface area contributed by atoms with E-state index >= 15 is 0 Å². The lowest BCUT2D eigenvalue weighted by atomic mass is 9.91. The maximum Gasteiger partial charge on any atom is 0.228 e. The number of hydrogen-bond donors (Lipinski definition) is 0. The third-order valence-electron chi connectivity index (χ3n) is 5.58. The standard InChI is InChI=1S/C16H26N2O4/c19-16(12-9-17(10-12)13-1-5-20-6-2-13)18-4-8-22-15-11-21-7-3-14(15)18/h12-15H,1-11H2/t14-,15+/m0/s1. The van der Waals surface area contributed by atoms with Crippen LogP contribution in [0.3, 0.4) is 0 Å². The van der Waals surface area contributed by atoms with Gasteiger partial charge in [-0.15, -0.1) is 0 Å². The highest BCUT2D eigenvalue weighted by molar-refractivity contribution is 5.80. The quantitative estimate of drug-likeness (QED) is 0.725. The van der Waals surface area contributed by atoms with Crippen LogP contribution >= 0.6 is 0 Å². The van der Waals surface area contributed by atoms with Crippen LogP contribution in [0.4, 0.5) is 0 Å². The molecule has 0 bridgehead atoms. The maximum absolute atomic E-state index is 12.8. The molecular formula is C16H26N2O4. The number of carbonyl (C=O) groups excluding carboxylic acids is 1. The van der Waals surface area contributed by atoms with E-state index in [2.05, 4.69) is 9.80 Å². The number of likely N-dealkylation sites (tertiary alicyclic amines) is 1. The maximum atomic E-state index is 12.8. The molecule has 4 fully saturated rings. The van der Waals surface area contributed by atoms with Crippen molar-refractivity contribution >= 4 is 5.91 Å². The summed E-state index contributed by atoms with van der Waals surface area (Å²) in [4.78, 5) is 17.4. The van der Waals surface area contributed by atoms with E-state index in [9.17, 15) is 4.79 Å². The first-order chi connectivity index (χ1) is 10.8. The summed E-state index contributed by atoms with van der Waals surface area (Å²) in [5, 5.41) is 0. The van der Waals surface area contributed by atoms with Crippen LogP contribution in [0, 0.1) is 5.92 Å². The molecule has 2 atom stereocenters. The monoisotopic (exact) mass is 310 g/mol. The molecule has 6 heteroatoms. The van der Waals surface area contributed by atoms with Gasteiger partial charge in [0.25, 0.3) is 0 Å². The molecule has 4 aliphatic heterocycles. The smallest absolute Gasteiger partial charge is 0.228 e. The Hall–Kier alpha value is -0.690. The molecule has 4 rings (SSSR count). The van der Waals surface area contributed by atoms with Crippen LogP contribution in [0.2, 0.25) is 0 Å². The molecule has 6 nitrogen and oxygen atoms in total. The molecular weight excluding hydrogens is 284 g/mol. The summed E-state index contributed by atoms with van der Waals surface area (Å²) in [7, 11) is 0. The molecule has 0 aromatic heterocycles. The predicted molar refractivity (Wildman–Crippen MR) is 79.6 cm³/mol. The largest absolute Gasteiger partial charge is 0.381 e. The van der Waals surface area contributed by atoms with E-state index in [1.165, 1.54) is 0 Å². The molecule has 124 valence electrons. The van der Waals surface area contributed by atoms with Crippen LogP contribution in [0.25, 0.3) is 0 Å². The van der Waals surface area contributed by atoms with Crippen molar-refractivity contribution in [2.75, 3.05) is 52.7 Å². The van der Waals surface area contributed by atoms with Gasteiger partial charge in [-0.2, -0.15) is 0 Å². The van der Waals surface area contributed by atoms with Gasteiger partial charge in [0.2, 0.25) is 5.91 Å². The number of morpholine rings is 1. The molecule has 0 N–H and O–H groups in total. The summed E-state index contributed by atoms with van der Waals surface area (Å²) in [5.41, 5.74) is 0. The third kappa shape index (κ3) is 2.77. The summed E-state index contributed by atoms with van der Waals surface area (Å²) < 4.78 is 16.7. The van der Waals surface area contributed by atoms with Crippen LogP contribution < -0.4 is 0 Å². The Morgan fingerprint density at radius 3 is 2.55 bits per heavy atom. The number of ether oxygens (including phenoxy) is 3. The molecule has 4 aliphatic rings. The molecule has 0 spiro atoms. The molecule has 0 aliphatic carbocycles. The highest BCUT2D eigenvalue weighted by Crippen LogP contribution is 2.29. The van der Waals surface area contributed by atoms with Crippen molar-refractivity contribution in [2.45, 2.75) is 37.5 Å². The number of fused-ring (bicyclic) bond motifs is 1. The van der Waals surface area contributed by atoms with Crippen molar-refractivity contribution in [1.29, 1.82) is 0 Å². The van der Waals surface area contributed by atoms with E-state index in [0.29, 0.717) is 25.2 Å². The molecule has 0 saturated carbocycles. The Kier molecular flexibility index (Phi) is 4.35. The van der Waals surface area contributed by atoms with Crippen molar-refractivity contribution in [3.63, 3.8) is 0 Å². The Morgan fingerprint density at radius 1 is 0.955 bits per heavy atom. The van der Waals surface area contributed by atoms with Crippen LogP contribution in [-0.2, 0) is 19.0 Å². The van der Waals surface area contributed by atoms with E-state index in [4.69, 9.17) is 14.2 Å². The SMILES string of the molecule is O=C(C1CN(C2CCOCC2)C1)N1CCO[C@@H]2COCC[C@@H]21. The van der Waals surface area contributed by atoms with Crippen LogP contribution in [0.5, 0.6) is 0 Å². The number of hydrogen-bond acceptors (Lipinski definition) is 5. The average molecular weight is 310 g/mol. The first kappa shape index (κ1) is 14.9. The third-order valence-corrected chi connectivity index (χ3v) is 5.58. The zero-order valence-electron chi connectivity index (χ0n) is 13.1. The van der Waals surface area contributed by atoms with E-state index in [1.54, 1.807) is 0 Å². The first-order valence-electron chi connectivity index (χ1n) is 8.64. The van der Waals surface area contributed by atoms with Crippen molar-refractivity contribution in [2.24, 2.45) is 5.92 Å². The Morgan fingerprint density at radius 2 is 1.73 bits per heavy atom. The Labute approximate surface area is 131 Å². The van der Waals surface area contributed by atoms with Gasteiger partial charge in [-0.05, 0) is 19.3 Å². The van der Waals surface area contributed by atoms with Crippen LogP contribution in [-0.4, -0.2) is 86.6 Å². The fourth-order valence-electron chi connectivity index (χ4n) is 4.21. The zero-order chi connectivity index (χ0) is 14.9. The summed E-state index contributed by atoms with van der Waals surface area (Å²) in [6.07, 6.45) is 3.21. The highest BCUT2D eigenvalue weighted by atomic mass is 16.5. The number of nitrogens with zero attached hydrogens (tertiary/aromatic N) is 2. The molecule has 22 heavy (non-hydrogen) atoms. The minimum absolute atomic E-state index is 0.0816. The topological polar surface area (TPSA) is 51.2 Å². The second-order valence-corrected chi connectivity index (χ2v) is 6.87. The summed E-state index contributed by atoms with van der Waals surface area (Å²) in [6, 6.07) is 0.852. The molecule has 4 saturated heterocycles. The molecule has 0 aromatic carbocycles. The minimum Gasteiger partial charge on any atom is -0.381 e. The van der Waals surface area contributed by atoms with E-state index < -0.39 is 0 Å². The van der Waals surface area contributed by atoms with Gasteiger partial charge in [0.15, 0.2) is 0 Å². The van der Waals surface area contributed by atoms with Gasteiger partial charge >= 0.3 is 0 Å². The normalized spacial score (nSPS) is 35.0. The number of amides is 1. The van der Waals surface area contributed by atoms with E-state index in [0.717, 1.165) is 58.7 Å². The lowest BCUT2D eigenvalue weighted by molar-refractivity contribution is -0.170. The fraction of sp³-hybridized carbons (Fsp3) is 0.938. The predicted octanol–water partition coefficient (Wildman–Crippen LogP) is 0.114. The van der Waals surface area contributed by atoms with Gasteiger partial charge in [0.1, 0.15) is 6.10 Å². The van der Waals surface area contributed by atoms with Gasteiger partial charge in [0.05, 0.1) is 25.2 Å². The zero-order valence-corrected chi connectivity index (χ0v) is 13.1. The highest BCUT2D eigenvalue weighted by Gasteiger charge is 2.43. The van der Waals surface area contributed by atoms with Gasteiger partial charge in [-0.25, -0.2) is 0 Å². The van der Waals surface area contributed by atoms with Crippen molar-refractivity contribution in [1.82, 2.24) is 9.80 Å². The second kappa shape index (κ2) is 6.43. The van der Waals surface area contributed by atoms with E-state index in [1.807, 2.05) is 0 Å². The lowest BCUT2D eigenvalue weighted by Crippen LogP contribution is -2.63. The van der Waals surface area contributed by atoms with Crippen molar-refractivity contribution in [3.8, 4) is 0 Å². The van der Waals surface area contributed by atoms with Crippen LogP contribution in [0.15, 0.2) is 0 Å². The van der Waals surface area contributed by atoms with Crippen LogP contribution in [0.1, 0.15) is 19.3 Å². The minimum atomic E-state index is 0.0816. The van der Waals surface area contributed by atoms with Crippen molar-refractivity contribution in [3.05, 3.63) is 0 Å². The molecule has 0 aromatic rings. The molecule has 1 amide bonds. The first-order valence-corrected chi connectivity index (χ1v) is 8.64. The molecule has 0 unspecified atom stereocenters. The van der Waals surface area contributed by atoms with Crippen molar-refractivity contribution < 1.29 is 19.0 Å².